The third-order valence-corrected chi connectivity index (χ3v) is 13.2. The van der Waals surface area contributed by atoms with Crippen LogP contribution in [0.3, 0.4) is 0 Å². The number of thiocarbonyl (C=S) groups is 1. The second kappa shape index (κ2) is 14.4. The number of carboxylic acid groups (broad SMARTS) is 1. The minimum absolute atomic E-state index is 0.273. The molecule has 8 rings (SSSR count). The van der Waals surface area contributed by atoms with E-state index in [0.717, 1.165) is 42.2 Å². The third kappa shape index (κ3) is 6.37. The van der Waals surface area contributed by atoms with Crippen LogP contribution in [0.15, 0.2) is 113 Å². The summed E-state index contributed by atoms with van der Waals surface area (Å²) in [6, 6.07) is 36.8. The van der Waals surface area contributed by atoms with Crippen LogP contribution in [0.5, 0.6) is 0 Å². The molecular formula is C42H37N3O4S3. The van der Waals surface area contributed by atoms with Crippen LogP contribution in [0.25, 0.3) is 11.6 Å². The predicted octanol–water partition coefficient (Wildman–Crippen LogP) is 8.68. The fourth-order valence-corrected chi connectivity index (χ4v) is 10.8. The Hall–Kier alpha value is -4.64. The molecule has 1 saturated carbocycles. The average Bonchev–Trinajstić information content (AvgIpc) is 3.90. The van der Waals surface area contributed by atoms with Crippen molar-refractivity contribution in [1.82, 2.24) is 9.80 Å². The van der Waals surface area contributed by atoms with E-state index in [4.69, 9.17) is 12.2 Å². The second-order valence-electron chi connectivity index (χ2n) is 13.4. The van der Waals surface area contributed by atoms with Gasteiger partial charge in [-0.3, -0.25) is 24.2 Å². The Morgan fingerprint density at radius 3 is 2.23 bits per heavy atom. The molecule has 52 heavy (non-hydrogen) atoms. The van der Waals surface area contributed by atoms with Crippen molar-refractivity contribution < 1.29 is 19.5 Å². The summed E-state index contributed by atoms with van der Waals surface area (Å²) in [5, 5.41) is 9.50. The van der Waals surface area contributed by atoms with Crippen LogP contribution in [0.2, 0.25) is 0 Å². The number of amides is 2. The van der Waals surface area contributed by atoms with Crippen molar-refractivity contribution in [1.29, 1.82) is 0 Å². The highest BCUT2D eigenvalue weighted by Gasteiger charge is 2.45. The Labute approximate surface area is 317 Å². The highest BCUT2D eigenvalue weighted by atomic mass is 32.2. The molecule has 0 aromatic heterocycles. The summed E-state index contributed by atoms with van der Waals surface area (Å²) in [6.07, 6.45) is 6.08. The molecule has 1 N–H and O–H groups in total. The molecule has 4 aliphatic rings. The van der Waals surface area contributed by atoms with E-state index in [1.807, 2.05) is 19.1 Å². The molecule has 10 heteroatoms. The van der Waals surface area contributed by atoms with Gasteiger partial charge in [0.1, 0.15) is 15.8 Å². The second-order valence-corrected chi connectivity index (χ2v) is 16.3. The standard InChI is InChI=1S/C42H37N3O4S3/c1-2-43-40(49)38(52-42(43)50)41-44(25-37(46)47)39(48)36(51-41)24-27-18-21-35-33(23-27)31-14-9-15-34(31)45(35)30-19-16-26(17-20-30)22-32(28-10-5-3-6-11-28)29-12-7-4-8-13-29/h3-8,10-13,16-23,31,34,36H,2,9,14-15,24-25H2,1H3,(H,46,47). The first-order valence-corrected chi connectivity index (χ1v) is 19.7. The fraction of sp³-hybridized carbons (Fsp3) is 0.238. The van der Waals surface area contributed by atoms with Gasteiger partial charge in [0.15, 0.2) is 0 Å². The zero-order valence-corrected chi connectivity index (χ0v) is 31.1. The van der Waals surface area contributed by atoms with Crippen LogP contribution in [-0.4, -0.2) is 61.4 Å². The van der Waals surface area contributed by atoms with E-state index in [1.54, 1.807) is 0 Å². The van der Waals surface area contributed by atoms with Gasteiger partial charge in [-0.25, -0.2) is 0 Å². The van der Waals surface area contributed by atoms with Crippen molar-refractivity contribution in [2.45, 2.75) is 49.8 Å². The van der Waals surface area contributed by atoms with Gasteiger partial charge in [0.2, 0.25) is 5.91 Å². The largest absolute Gasteiger partial charge is 0.480 e. The Bertz CT molecular complexity index is 2090. The van der Waals surface area contributed by atoms with Gasteiger partial charge in [-0.1, -0.05) is 127 Å². The maximum absolute atomic E-state index is 13.7. The smallest absolute Gasteiger partial charge is 0.323 e. The van der Waals surface area contributed by atoms with Crippen LogP contribution < -0.4 is 4.90 Å². The van der Waals surface area contributed by atoms with E-state index >= 15 is 0 Å². The third-order valence-electron chi connectivity index (χ3n) is 10.3. The van der Waals surface area contributed by atoms with E-state index in [9.17, 15) is 19.5 Å². The maximum atomic E-state index is 13.7. The summed E-state index contributed by atoms with van der Waals surface area (Å²) >= 11 is 7.83. The lowest BCUT2D eigenvalue weighted by molar-refractivity contribution is -0.142. The molecule has 0 radical (unpaired) electrons. The molecule has 3 unspecified atom stereocenters. The van der Waals surface area contributed by atoms with Gasteiger partial charge in [-0.15, -0.1) is 0 Å². The quantitative estimate of drug-likeness (QED) is 0.104. The molecule has 3 atom stereocenters. The van der Waals surface area contributed by atoms with Gasteiger partial charge in [0.25, 0.3) is 5.91 Å². The lowest BCUT2D eigenvalue weighted by Crippen LogP contribution is -2.35. The number of likely N-dealkylation sites (N-methyl/N-ethyl adjacent to an activating group) is 1. The molecule has 262 valence electrons. The van der Waals surface area contributed by atoms with Crippen LogP contribution in [0.4, 0.5) is 11.4 Å². The number of rotatable bonds is 9. The van der Waals surface area contributed by atoms with Gasteiger partial charge in [0.05, 0.1) is 10.3 Å². The number of anilines is 2. The SMILES string of the molecule is CCN1C(=O)C(=C2SC(Cc3ccc4c(c3)C3CCCC3N4c3ccc(C=C(c4ccccc4)c4ccccc4)cc3)C(=O)N2CC(=O)O)SC1=S. The lowest BCUT2D eigenvalue weighted by atomic mass is 9.95. The number of carbonyl (C=O) groups excluding carboxylic acids is 2. The molecule has 3 heterocycles. The first-order valence-electron chi connectivity index (χ1n) is 17.6. The number of hydrogen-bond donors (Lipinski definition) is 1. The Morgan fingerprint density at radius 2 is 1.60 bits per heavy atom. The van der Waals surface area contributed by atoms with E-state index in [-0.39, 0.29) is 11.8 Å². The molecule has 2 saturated heterocycles. The molecule has 3 fully saturated rings. The lowest BCUT2D eigenvalue weighted by Gasteiger charge is -2.27. The first-order chi connectivity index (χ1) is 25.3. The van der Waals surface area contributed by atoms with E-state index in [0.29, 0.717) is 39.2 Å². The van der Waals surface area contributed by atoms with Crippen molar-refractivity contribution in [3.05, 3.63) is 141 Å². The molecule has 0 bridgehead atoms. The van der Waals surface area contributed by atoms with Gasteiger partial charge in [-0.2, -0.15) is 0 Å². The van der Waals surface area contributed by atoms with Crippen LogP contribution >= 0.6 is 35.7 Å². The van der Waals surface area contributed by atoms with Crippen molar-refractivity contribution in [3.8, 4) is 0 Å². The molecule has 7 nitrogen and oxygen atoms in total. The molecule has 0 spiro atoms. The summed E-state index contributed by atoms with van der Waals surface area (Å²) in [5.74, 6) is -1.29. The number of carboxylic acids is 1. The number of thioether (sulfide) groups is 2. The van der Waals surface area contributed by atoms with Gasteiger partial charge >= 0.3 is 5.97 Å². The summed E-state index contributed by atoms with van der Waals surface area (Å²) in [7, 11) is 0. The monoisotopic (exact) mass is 743 g/mol. The van der Waals surface area contributed by atoms with Crippen LogP contribution in [0, 0.1) is 0 Å². The summed E-state index contributed by atoms with van der Waals surface area (Å²) in [4.78, 5) is 44.2. The zero-order chi connectivity index (χ0) is 35.9. The van der Waals surface area contributed by atoms with Gasteiger partial charge < -0.3 is 10.0 Å². The normalized spacial score (nSPS) is 22.3. The number of aliphatic carboxylic acids is 1. The molecule has 3 aliphatic heterocycles. The summed E-state index contributed by atoms with van der Waals surface area (Å²) < 4.78 is 0.422. The molecule has 2 amide bonds. The van der Waals surface area contributed by atoms with Gasteiger partial charge in [-0.05, 0) is 83.9 Å². The number of hydrogen-bond acceptors (Lipinski definition) is 7. The summed E-state index contributed by atoms with van der Waals surface area (Å²) in [5.41, 5.74) is 9.38. The molecule has 4 aromatic rings. The van der Waals surface area contributed by atoms with E-state index in [2.05, 4.69) is 102 Å². The number of fused-ring (bicyclic) bond motifs is 3. The first kappa shape index (κ1) is 34.4. The number of nitrogens with zero attached hydrogens (tertiary/aromatic N) is 3. The number of benzene rings is 4. The number of carbonyl (C=O) groups is 3. The van der Waals surface area contributed by atoms with Gasteiger partial charge in [0, 0.05) is 29.9 Å². The average molecular weight is 744 g/mol. The fourth-order valence-electron chi connectivity index (χ4n) is 7.96. The van der Waals surface area contributed by atoms with Crippen LogP contribution in [-0.2, 0) is 20.8 Å². The highest BCUT2D eigenvalue weighted by molar-refractivity contribution is 8.27. The predicted molar refractivity (Wildman–Crippen MR) is 214 cm³/mol. The molecule has 4 aromatic carbocycles. The summed E-state index contributed by atoms with van der Waals surface area (Å²) in [6.45, 7) is 1.76. The molecular weight excluding hydrogens is 707 g/mol. The topological polar surface area (TPSA) is 81.2 Å². The Kier molecular flexibility index (Phi) is 9.55. The van der Waals surface area contributed by atoms with Crippen molar-refractivity contribution in [3.63, 3.8) is 0 Å². The minimum atomic E-state index is -1.13. The molecule has 1 aliphatic carbocycles. The minimum Gasteiger partial charge on any atom is -0.480 e. The van der Waals surface area contributed by atoms with E-state index in [1.165, 1.54) is 55.2 Å². The Morgan fingerprint density at radius 1 is 0.904 bits per heavy atom. The van der Waals surface area contributed by atoms with Crippen molar-refractivity contribution in [2.75, 3.05) is 18.0 Å². The Balaban J connectivity index is 1.06. The van der Waals surface area contributed by atoms with E-state index < -0.39 is 17.8 Å². The maximum Gasteiger partial charge on any atom is 0.323 e. The zero-order valence-electron chi connectivity index (χ0n) is 28.6. The van der Waals surface area contributed by atoms with Crippen molar-refractivity contribution in [2.24, 2.45) is 0 Å². The highest BCUT2D eigenvalue weighted by Crippen LogP contribution is 2.53. The van der Waals surface area contributed by atoms with Crippen LogP contribution in [0.1, 0.15) is 59.9 Å². The van der Waals surface area contributed by atoms with Crippen molar-refractivity contribution >= 4 is 80.9 Å².